The van der Waals surface area contributed by atoms with Gasteiger partial charge in [0.15, 0.2) is 11.6 Å². The van der Waals surface area contributed by atoms with Gasteiger partial charge >= 0.3 is 0 Å². The van der Waals surface area contributed by atoms with Gasteiger partial charge in [-0.05, 0) is 31.4 Å². The van der Waals surface area contributed by atoms with Crippen molar-refractivity contribution in [3.05, 3.63) is 52.7 Å². The van der Waals surface area contributed by atoms with Crippen molar-refractivity contribution in [1.82, 2.24) is 10.1 Å². The number of nitrogens with zero attached hydrogens (tertiary/aromatic N) is 2. The van der Waals surface area contributed by atoms with Crippen LogP contribution >= 0.6 is 0 Å². The fraction of sp³-hybridized carbons (Fsp3) is 0.550. The van der Waals surface area contributed by atoms with Gasteiger partial charge in [0.2, 0.25) is 0 Å². The molecule has 2 aromatic rings. The first-order valence-corrected chi connectivity index (χ1v) is 9.66. The molecule has 0 spiro atoms. The molecule has 0 radical (unpaired) electrons. The Labute approximate surface area is 161 Å². The lowest BCUT2D eigenvalue weighted by Crippen LogP contribution is -2.49. The van der Waals surface area contributed by atoms with Crippen molar-refractivity contribution in [3.8, 4) is 0 Å². The third-order valence-electron chi connectivity index (χ3n) is 5.46. The molecule has 152 valence electrons. The van der Waals surface area contributed by atoms with Crippen LogP contribution in [0.15, 0.2) is 22.7 Å². The number of ether oxygens (including phenoxy) is 1. The smallest absolute Gasteiger partial charge is 0.161 e. The van der Waals surface area contributed by atoms with E-state index in [4.69, 9.17) is 15.0 Å². The normalized spacial score (nSPS) is 25.0. The summed E-state index contributed by atoms with van der Waals surface area (Å²) >= 11 is 0. The van der Waals surface area contributed by atoms with Crippen LogP contribution in [0.1, 0.15) is 42.2 Å². The van der Waals surface area contributed by atoms with Gasteiger partial charge in [0.05, 0.1) is 18.9 Å². The average molecular weight is 395 g/mol. The Morgan fingerprint density at radius 2 is 1.93 bits per heavy atom. The van der Waals surface area contributed by atoms with E-state index in [2.05, 4.69) is 10.1 Å². The van der Waals surface area contributed by atoms with Crippen molar-refractivity contribution in [3.63, 3.8) is 0 Å². The van der Waals surface area contributed by atoms with Gasteiger partial charge in [0.1, 0.15) is 11.6 Å². The van der Waals surface area contributed by atoms with Gasteiger partial charge < -0.3 is 15.0 Å². The standard InChI is InChI=1S/C14H21N3O2.C6H3F3/c15-10-5-11(8-18-7-10)17-4-3-13-12(6-17)14(19-16-13)9-1-2-9;7-4-1-2-5(8)6(9)3-4/h9-11H,1-8,15H2;1-3H/t10-,11+;/m0./s1. The summed E-state index contributed by atoms with van der Waals surface area (Å²) in [5.41, 5.74) is 8.55. The van der Waals surface area contributed by atoms with Crippen molar-refractivity contribution in [2.24, 2.45) is 5.73 Å². The minimum Gasteiger partial charge on any atom is -0.378 e. The molecule has 8 heteroatoms. The summed E-state index contributed by atoms with van der Waals surface area (Å²) < 4.78 is 47.0. The second-order valence-electron chi connectivity index (χ2n) is 7.71. The highest BCUT2D eigenvalue weighted by molar-refractivity contribution is 5.30. The van der Waals surface area contributed by atoms with E-state index < -0.39 is 17.5 Å². The van der Waals surface area contributed by atoms with E-state index in [1.165, 1.54) is 24.1 Å². The summed E-state index contributed by atoms with van der Waals surface area (Å²) in [4.78, 5) is 2.50. The summed E-state index contributed by atoms with van der Waals surface area (Å²) in [5, 5.41) is 4.25. The zero-order valence-electron chi connectivity index (χ0n) is 15.5. The molecule has 0 unspecified atom stereocenters. The second-order valence-corrected chi connectivity index (χ2v) is 7.71. The topological polar surface area (TPSA) is 64.5 Å². The van der Waals surface area contributed by atoms with E-state index in [-0.39, 0.29) is 6.04 Å². The van der Waals surface area contributed by atoms with E-state index in [1.54, 1.807) is 0 Å². The zero-order chi connectivity index (χ0) is 19.7. The third kappa shape index (κ3) is 4.39. The molecule has 5 rings (SSSR count). The quantitative estimate of drug-likeness (QED) is 0.792. The lowest BCUT2D eigenvalue weighted by Gasteiger charge is -2.38. The number of halogens is 3. The van der Waals surface area contributed by atoms with E-state index in [0.717, 1.165) is 50.4 Å². The molecule has 2 atom stereocenters. The molecule has 1 saturated carbocycles. The van der Waals surface area contributed by atoms with Gasteiger partial charge in [-0.3, -0.25) is 4.90 Å². The molecular formula is C20H24F3N3O2. The van der Waals surface area contributed by atoms with Crippen LogP contribution in [-0.4, -0.2) is 41.9 Å². The first kappa shape index (κ1) is 19.4. The van der Waals surface area contributed by atoms with Crippen molar-refractivity contribution in [2.45, 2.75) is 50.2 Å². The van der Waals surface area contributed by atoms with Gasteiger partial charge in [-0.1, -0.05) is 5.16 Å². The molecule has 1 aromatic heterocycles. The molecule has 5 nitrogen and oxygen atoms in total. The number of hydrogen-bond acceptors (Lipinski definition) is 5. The van der Waals surface area contributed by atoms with Crippen LogP contribution in [0.4, 0.5) is 13.2 Å². The summed E-state index contributed by atoms with van der Waals surface area (Å²) in [7, 11) is 0. The number of rotatable bonds is 2. The Hall–Kier alpha value is -1.90. The fourth-order valence-corrected chi connectivity index (χ4v) is 3.80. The maximum absolute atomic E-state index is 12.0. The van der Waals surface area contributed by atoms with Gasteiger partial charge in [0.25, 0.3) is 0 Å². The van der Waals surface area contributed by atoms with Crippen molar-refractivity contribution in [1.29, 1.82) is 0 Å². The third-order valence-corrected chi connectivity index (χ3v) is 5.46. The summed E-state index contributed by atoms with van der Waals surface area (Å²) in [6.45, 7) is 3.53. The zero-order valence-corrected chi connectivity index (χ0v) is 15.5. The Bertz CT molecular complexity index is 825. The van der Waals surface area contributed by atoms with E-state index >= 15 is 0 Å². The molecule has 1 saturated heterocycles. The first-order valence-electron chi connectivity index (χ1n) is 9.66. The minimum atomic E-state index is -1.16. The Balaban J connectivity index is 0.000000181. The predicted octanol–water partition coefficient (Wildman–Crippen LogP) is 3.13. The molecule has 3 heterocycles. The highest BCUT2D eigenvalue weighted by Gasteiger charge is 2.36. The lowest BCUT2D eigenvalue weighted by atomic mass is 9.98. The molecule has 28 heavy (non-hydrogen) atoms. The molecule has 2 aliphatic heterocycles. The Morgan fingerprint density at radius 1 is 1.11 bits per heavy atom. The van der Waals surface area contributed by atoms with Crippen LogP contribution < -0.4 is 5.73 Å². The molecular weight excluding hydrogens is 371 g/mol. The number of nitrogens with two attached hydrogens (primary N) is 1. The summed E-state index contributed by atoms with van der Waals surface area (Å²) in [5.74, 6) is -1.16. The number of aromatic nitrogens is 1. The maximum atomic E-state index is 12.0. The Kier molecular flexibility index (Phi) is 5.70. The van der Waals surface area contributed by atoms with Gasteiger partial charge in [-0.25, -0.2) is 13.2 Å². The average Bonchev–Trinajstić information content (AvgIpc) is 3.44. The van der Waals surface area contributed by atoms with Gasteiger partial charge in [-0.15, -0.1) is 0 Å². The largest absolute Gasteiger partial charge is 0.378 e. The molecule has 1 aliphatic carbocycles. The monoisotopic (exact) mass is 395 g/mol. The summed E-state index contributed by atoms with van der Waals surface area (Å²) in [6.07, 6.45) is 4.56. The molecule has 2 N–H and O–H groups in total. The number of benzene rings is 1. The van der Waals surface area contributed by atoms with Gasteiger partial charge in [0, 0.05) is 49.1 Å². The Morgan fingerprint density at radius 3 is 2.61 bits per heavy atom. The van der Waals surface area contributed by atoms with E-state index in [0.29, 0.717) is 24.6 Å². The van der Waals surface area contributed by atoms with Crippen molar-refractivity contribution >= 4 is 0 Å². The molecule has 3 aliphatic rings. The summed E-state index contributed by atoms with van der Waals surface area (Å²) in [6, 6.07) is 2.74. The van der Waals surface area contributed by atoms with E-state index in [1.807, 2.05) is 0 Å². The number of fused-ring (bicyclic) bond motifs is 1. The number of hydrogen-bond donors (Lipinski definition) is 1. The van der Waals surface area contributed by atoms with Crippen LogP contribution in [-0.2, 0) is 17.7 Å². The van der Waals surface area contributed by atoms with Gasteiger partial charge in [-0.2, -0.15) is 0 Å². The molecule has 1 aromatic carbocycles. The fourth-order valence-electron chi connectivity index (χ4n) is 3.80. The predicted molar refractivity (Wildman–Crippen MR) is 96.1 cm³/mol. The molecule has 2 fully saturated rings. The van der Waals surface area contributed by atoms with Crippen LogP contribution in [0, 0.1) is 17.5 Å². The highest BCUT2D eigenvalue weighted by atomic mass is 19.2. The molecule has 0 bridgehead atoms. The maximum Gasteiger partial charge on any atom is 0.161 e. The first-order chi connectivity index (χ1) is 13.5. The highest BCUT2D eigenvalue weighted by Crippen LogP contribution is 2.43. The second kappa shape index (κ2) is 8.23. The van der Waals surface area contributed by atoms with Crippen LogP contribution in [0.25, 0.3) is 0 Å². The van der Waals surface area contributed by atoms with Crippen LogP contribution in [0.5, 0.6) is 0 Å². The van der Waals surface area contributed by atoms with Crippen LogP contribution in [0.3, 0.4) is 0 Å². The van der Waals surface area contributed by atoms with E-state index in [9.17, 15) is 13.2 Å². The lowest BCUT2D eigenvalue weighted by molar-refractivity contribution is 0.00205. The molecule has 0 amide bonds. The van der Waals surface area contributed by atoms with Crippen molar-refractivity contribution < 1.29 is 22.4 Å². The van der Waals surface area contributed by atoms with Crippen molar-refractivity contribution in [2.75, 3.05) is 19.8 Å². The SMILES string of the molecule is Fc1ccc(F)c(F)c1.N[C@@H]1COC[C@H](N2CCc3noc(C4CC4)c3C2)C1. The van der Waals surface area contributed by atoms with Crippen LogP contribution in [0.2, 0.25) is 0 Å². The minimum absolute atomic E-state index is 0.186.